The largest absolute Gasteiger partial charge is 0.445 e. The molecule has 1 aromatic rings. The van der Waals surface area contributed by atoms with Crippen molar-refractivity contribution in [3.8, 4) is 0 Å². The molecule has 2 rings (SSSR count). The maximum atomic E-state index is 8.68. The van der Waals surface area contributed by atoms with Crippen LogP contribution in [0.5, 0.6) is 0 Å². The lowest BCUT2D eigenvalue weighted by Crippen LogP contribution is -1.99. The van der Waals surface area contributed by atoms with Gasteiger partial charge in [0.2, 0.25) is 0 Å². The highest BCUT2D eigenvalue weighted by molar-refractivity contribution is 5.13. The van der Waals surface area contributed by atoms with Gasteiger partial charge in [0.15, 0.2) is 5.89 Å². The lowest BCUT2D eigenvalue weighted by molar-refractivity contribution is 0.283. The van der Waals surface area contributed by atoms with Crippen LogP contribution in [0.3, 0.4) is 0 Å². The van der Waals surface area contributed by atoms with Gasteiger partial charge in [0, 0.05) is 12.8 Å². The molecule has 0 atom stereocenters. The van der Waals surface area contributed by atoms with Gasteiger partial charge in [-0.05, 0) is 19.3 Å². The molecule has 0 radical (unpaired) electrons. The Labute approximate surface area is 71.4 Å². The predicted molar refractivity (Wildman–Crippen MR) is 43.9 cm³/mol. The van der Waals surface area contributed by atoms with Crippen LogP contribution in [0, 0.1) is 0 Å². The quantitative estimate of drug-likeness (QED) is 0.717. The number of aryl methyl sites for hydroxylation is 2. The molecular weight excluding hydrogens is 154 g/mol. The van der Waals surface area contributed by atoms with E-state index in [1.54, 1.807) is 0 Å². The number of aliphatic hydroxyl groups is 1. The summed E-state index contributed by atoms with van der Waals surface area (Å²) in [5.41, 5.74) is 1.12. The van der Waals surface area contributed by atoms with Gasteiger partial charge in [-0.2, -0.15) is 0 Å². The molecule has 0 saturated heterocycles. The Morgan fingerprint density at radius 1 is 1.33 bits per heavy atom. The van der Waals surface area contributed by atoms with Crippen LogP contribution in [0.1, 0.15) is 30.2 Å². The summed E-state index contributed by atoms with van der Waals surface area (Å²) in [5, 5.41) is 8.68. The van der Waals surface area contributed by atoms with E-state index >= 15 is 0 Å². The highest BCUT2D eigenvalue weighted by Gasteiger charge is 2.15. The number of nitrogens with zero attached hydrogens (tertiary/aromatic N) is 1. The summed E-state index contributed by atoms with van der Waals surface area (Å²) in [6.45, 7) is 0.124. The average molecular weight is 167 g/mol. The number of hydrogen-bond acceptors (Lipinski definition) is 3. The van der Waals surface area contributed by atoms with Crippen LogP contribution in [0.2, 0.25) is 0 Å². The minimum atomic E-state index is 0.124. The van der Waals surface area contributed by atoms with Crippen molar-refractivity contribution < 1.29 is 9.52 Å². The molecule has 1 aliphatic rings. The van der Waals surface area contributed by atoms with Crippen LogP contribution < -0.4 is 0 Å². The van der Waals surface area contributed by atoms with Gasteiger partial charge in [-0.25, -0.2) is 4.98 Å². The Balaban J connectivity index is 2.20. The molecule has 0 spiro atoms. The molecule has 12 heavy (non-hydrogen) atoms. The summed E-state index contributed by atoms with van der Waals surface area (Å²) in [6, 6.07) is 0. The summed E-state index contributed by atoms with van der Waals surface area (Å²) in [6.07, 6.45) is 5.05. The summed E-state index contributed by atoms with van der Waals surface area (Å²) in [4.78, 5) is 4.31. The van der Waals surface area contributed by atoms with Crippen LogP contribution in [0.25, 0.3) is 0 Å². The first-order valence-electron chi connectivity index (χ1n) is 4.48. The van der Waals surface area contributed by atoms with Crippen molar-refractivity contribution in [2.75, 3.05) is 6.61 Å². The third-order valence-electron chi connectivity index (χ3n) is 2.22. The lowest BCUT2D eigenvalue weighted by atomic mass is 10.0. The maximum absolute atomic E-state index is 8.68. The molecule has 1 aliphatic carbocycles. The molecule has 1 heterocycles. The fourth-order valence-corrected chi connectivity index (χ4v) is 1.61. The molecule has 1 N–H and O–H groups in total. The highest BCUT2D eigenvalue weighted by Crippen LogP contribution is 2.21. The second-order valence-corrected chi connectivity index (χ2v) is 3.16. The van der Waals surface area contributed by atoms with E-state index in [1.807, 2.05) is 0 Å². The van der Waals surface area contributed by atoms with Crippen molar-refractivity contribution in [2.45, 2.75) is 32.1 Å². The SMILES string of the molecule is OCCc1nc2c(o1)CCCC2. The van der Waals surface area contributed by atoms with Crippen molar-refractivity contribution in [3.63, 3.8) is 0 Å². The minimum absolute atomic E-state index is 0.124. The van der Waals surface area contributed by atoms with Crippen molar-refractivity contribution in [1.29, 1.82) is 0 Å². The van der Waals surface area contributed by atoms with E-state index in [-0.39, 0.29) is 6.61 Å². The summed E-state index contributed by atoms with van der Waals surface area (Å²) in [5.74, 6) is 1.74. The second-order valence-electron chi connectivity index (χ2n) is 3.16. The molecule has 0 bridgehead atoms. The zero-order chi connectivity index (χ0) is 8.39. The van der Waals surface area contributed by atoms with Crippen molar-refractivity contribution in [1.82, 2.24) is 4.98 Å². The molecule has 0 amide bonds. The van der Waals surface area contributed by atoms with E-state index in [0.717, 1.165) is 24.3 Å². The van der Waals surface area contributed by atoms with E-state index in [2.05, 4.69) is 4.98 Å². The number of rotatable bonds is 2. The first kappa shape index (κ1) is 7.80. The van der Waals surface area contributed by atoms with Crippen LogP contribution in [-0.2, 0) is 19.3 Å². The zero-order valence-electron chi connectivity index (χ0n) is 7.05. The van der Waals surface area contributed by atoms with Crippen LogP contribution in [0.15, 0.2) is 4.42 Å². The Morgan fingerprint density at radius 3 is 2.92 bits per heavy atom. The maximum Gasteiger partial charge on any atom is 0.196 e. The molecule has 0 saturated carbocycles. The smallest absolute Gasteiger partial charge is 0.196 e. The molecule has 0 fully saturated rings. The van der Waals surface area contributed by atoms with Crippen molar-refractivity contribution in [2.24, 2.45) is 0 Å². The Bertz CT molecular complexity index is 244. The molecule has 3 nitrogen and oxygen atoms in total. The Morgan fingerprint density at radius 2 is 2.17 bits per heavy atom. The summed E-state index contributed by atoms with van der Waals surface area (Å²) >= 11 is 0. The van der Waals surface area contributed by atoms with Crippen molar-refractivity contribution >= 4 is 0 Å². The normalized spacial score (nSPS) is 16.1. The Kier molecular flexibility index (Phi) is 2.13. The highest BCUT2D eigenvalue weighted by atomic mass is 16.4. The predicted octanol–water partition coefficient (Wildman–Crippen LogP) is 1.09. The molecule has 0 aromatic carbocycles. The second kappa shape index (κ2) is 3.27. The number of oxazole rings is 1. The standard InChI is InChI=1S/C9H13NO2/c11-6-5-9-10-7-3-1-2-4-8(7)12-9/h11H,1-6H2. The van der Waals surface area contributed by atoms with Crippen LogP contribution >= 0.6 is 0 Å². The molecule has 1 aromatic heterocycles. The van der Waals surface area contributed by atoms with E-state index in [0.29, 0.717) is 12.3 Å². The third-order valence-corrected chi connectivity index (χ3v) is 2.22. The molecular formula is C9H13NO2. The molecule has 0 aliphatic heterocycles. The van der Waals surface area contributed by atoms with E-state index in [1.165, 1.54) is 12.8 Å². The van der Waals surface area contributed by atoms with E-state index in [4.69, 9.17) is 9.52 Å². The van der Waals surface area contributed by atoms with Gasteiger partial charge in [-0.15, -0.1) is 0 Å². The van der Waals surface area contributed by atoms with Gasteiger partial charge in [0.05, 0.1) is 12.3 Å². The number of aliphatic hydroxyl groups excluding tert-OH is 1. The fraction of sp³-hybridized carbons (Fsp3) is 0.667. The van der Waals surface area contributed by atoms with Gasteiger partial charge < -0.3 is 9.52 Å². The minimum Gasteiger partial charge on any atom is -0.445 e. The number of fused-ring (bicyclic) bond motifs is 1. The lowest BCUT2D eigenvalue weighted by Gasteiger charge is -2.05. The molecule has 66 valence electrons. The third kappa shape index (κ3) is 1.37. The van der Waals surface area contributed by atoms with Crippen molar-refractivity contribution in [3.05, 3.63) is 17.3 Å². The van der Waals surface area contributed by atoms with E-state index < -0.39 is 0 Å². The topological polar surface area (TPSA) is 46.3 Å². The van der Waals surface area contributed by atoms with Gasteiger partial charge in [-0.1, -0.05) is 0 Å². The first-order valence-corrected chi connectivity index (χ1v) is 4.48. The van der Waals surface area contributed by atoms with Gasteiger partial charge in [0.1, 0.15) is 5.76 Å². The fourth-order valence-electron chi connectivity index (χ4n) is 1.61. The van der Waals surface area contributed by atoms with Crippen LogP contribution in [0.4, 0.5) is 0 Å². The summed E-state index contributed by atoms with van der Waals surface area (Å²) in [7, 11) is 0. The Hall–Kier alpha value is -0.830. The monoisotopic (exact) mass is 167 g/mol. The summed E-state index contributed by atoms with van der Waals surface area (Å²) < 4.78 is 5.48. The zero-order valence-corrected chi connectivity index (χ0v) is 7.05. The number of aromatic nitrogens is 1. The first-order chi connectivity index (χ1) is 5.90. The number of hydrogen-bond donors (Lipinski definition) is 1. The molecule has 3 heteroatoms. The van der Waals surface area contributed by atoms with Gasteiger partial charge in [0.25, 0.3) is 0 Å². The average Bonchev–Trinajstić information content (AvgIpc) is 2.47. The van der Waals surface area contributed by atoms with E-state index in [9.17, 15) is 0 Å². The van der Waals surface area contributed by atoms with Gasteiger partial charge >= 0.3 is 0 Å². The van der Waals surface area contributed by atoms with Crippen LogP contribution in [-0.4, -0.2) is 16.7 Å². The van der Waals surface area contributed by atoms with Gasteiger partial charge in [-0.3, -0.25) is 0 Å². The molecule has 0 unspecified atom stereocenters.